The highest BCUT2D eigenvalue weighted by Crippen LogP contribution is 2.33. The highest BCUT2D eigenvalue weighted by molar-refractivity contribution is 9.10. The summed E-state index contributed by atoms with van der Waals surface area (Å²) in [5, 5.41) is 7.90. The Morgan fingerprint density at radius 1 is 1.47 bits per heavy atom. The second-order valence-corrected chi connectivity index (χ2v) is 5.91. The molecule has 0 aliphatic carbocycles. The summed E-state index contributed by atoms with van der Waals surface area (Å²) in [7, 11) is 1.83. The maximum Gasteiger partial charge on any atom is 0.153 e. The lowest BCUT2D eigenvalue weighted by atomic mass is 9.83. The van der Waals surface area contributed by atoms with E-state index in [4.69, 9.17) is 10.5 Å². The number of hydrogen-bond acceptors (Lipinski definition) is 4. The van der Waals surface area contributed by atoms with Crippen LogP contribution in [0.3, 0.4) is 0 Å². The molecule has 1 aromatic heterocycles. The number of nitrogens with two attached hydrogens (primary N) is 1. The third kappa shape index (κ3) is 3.26. The number of nitrogens with zero attached hydrogens (tertiary/aromatic N) is 3. The molecule has 1 heterocycles. The molecule has 2 N–H and O–H groups in total. The molecule has 1 rings (SSSR count). The first-order valence-corrected chi connectivity index (χ1v) is 6.50. The SMILES string of the molecule is CCOC(C(N)c1c(Br)nnn1C)C(C)(C)C. The van der Waals surface area contributed by atoms with E-state index in [0.29, 0.717) is 11.2 Å². The Morgan fingerprint density at radius 3 is 2.41 bits per heavy atom. The molecule has 1 aromatic rings. The van der Waals surface area contributed by atoms with E-state index >= 15 is 0 Å². The molecule has 0 bridgehead atoms. The molecular formula is C11H21BrN4O. The monoisotopic (exact) mass is 304 g/mol. The van der Waals surface area contributed by atoms with Crippen molar-refractivity contribution in [1.82, 2.24) is 15.0 Å². The lowest BCUT2D eigenvalue weighted by Crippen LogP contribution is -2.40. The van der Waals surface area contributed by atoms with Gasteiger partial charge in [-0.3, -0.25) is 0 Å². The lowest BCUT2D eigenvalue weighted by Gasteiger charge is -2.34. The fourth-order valence-electron chi connectivity index (χ4n) is 1.91. The summed E-state index contributed by atoms with van der Waals surface area (Å²) >= 11 is 3.37. The minimum absolute atomic E-state index is 0.0425. The number of aromatic nitrogens is 3. The van der Waals surface area contributed by atoms with E-state index in [1.165, 1.54) is 0 Å². The second-order valence-electron chi connectivity index (χ2n) is 5.16. The minimum Gasteiger partial charge on any atom is -0.376 e. The predicted molar refractivity (Wildman–Crippen MR) is 70.5 cm³/mol. The largest absolute Gasteiger partial charge is 0.376 e. The summed E-state index contributed by atoms with van der Waals surface area (Å²) in [5.74, 6) is 0. The van der Waals surface area contributed by atoms with E-state index in [2.05, 4.69) is 47.0 Å². The number of aryl methyl sites for hydroxylation is 1. The van der Waals surface area contributed by atoms with Gasteiger partial charge in [-0.15, -0.1) is 5.10 Å². The second kappa shape index (κ2) is 5.46. The van der Waals surface area contributed by atoms with Crippen LogP contribution in [0.1, 0.15) is 39.4 Å². The Balaban J connectivity index is 3.04. The summed E-state index contributed by atoms with van der Waals surface area (Å²) in [4.78, 5) is 0. The zero-order valence-electron chi connectivity index (χ0n) is 11.1. The van der Waals surface area contributed by atoms with Crippen LogP contribution in [0.15, 0.2) is 4.60 Å². The molecular weight excluding hydrogens is 284 g/mol. The van der Waals surface area contributed by atoms with Crippen molar-refractivity contribution in [2.24, 2.45) is 18.2 Å². The van der Waals surface area contributed by atoms with Crippen LogP contribution in [0.4, 0.5) is 0 Å². The highest BCUT2D eigenvalue weighted by atomic mass is 79.9. The van der Waals surface area contributed by atoms with Crippen molar-refractivity contribution in [1.29, 1.82) is 0 Å². The van der Waals surface area contributed by atoms with E-state index < -0.39 is 0 Å². The summed E-state index contributed by atoms with van der Waals surface area (Å²) in [5.41, 5.74) is 7.12. The van der Waals surface area contributed by atoms with Gasteiger partial charge in [0.1, 0.15) is 0 Å². The Morgan fingerprint density at radius 2 is 2.06 bits per heavy atom. The van der Waals surface area contributed by atoms with Gasteiger partial charge in [0, 0.05) is 13.7 Å². The molecule has 6 heteroatoms. The van der Waals surface area contributed by atoms with Crippen LogP contribution in [0, 0.1) is 5.41 Å². The van der Waals surface area contributed by atoms with Gasteiger partial charge in [0.2, 0.25) is 0 Å². The van der Waals surface area contributed by atoms with Gasteiger partial charge >= 0.3 is 0 Å². The third-order valence-corrected chi connectivity index (χ3v) is 3.23. The van der Waals surface area contributed by atoms with Gasteiger partial charge in [-0.25, -0.2) is 4.68 Å². The molecule has 0 radical (unpaired) electrons. The zero-order valence-corrected chi connectivity index (χ0v) is 12.7. The molecule has 5 nitrogen and oxygen atoms in total. The van der Waals surface area contributed by atoms with Crippen molar-refractivity contribution in [2.45, 2.75) is 39.8 Å². The van der Waals surface area contributed by atoms with Gasteiger partial charge < -0.3 is 10.5 Å². The number of rotatable bonds is 4. The first kappa shape index (κ1) is 14.6. The Hall–Kier alpha value is -0.460. The summed E-state index contributed by atoms with van der Waals surface area (Å²) in [6.07, 6.45) is -0.0824. The molecule has 0 aliphatic rings. The predicted octanol–water partition coefficient (Wildman–Crippen LogP) is 2.03. The van der Waals surface area contributed by atoms with E-state index in [-0.39, 0.29) is 17.6 Å². The first-order chi connectivity index (χ1) is 7.79. The fourth-order valence-corrected chi connectivity index (χ4v) is 2.50. The topological polar surface area (TPSA) is 66.0 Å². The van der Waals surface area contributed by atoms with E-state index in [9.17, 15) is 0 Å². The van der Waals surface area contributed by atoms with Gasteiger partial charge in [-0.2, -0.15) is 0 Å². The van der Waals surface area contributed by atoms with Crippen molar-refractivity contribution in [3.05, 3.63) is 10.3 Å². The maximum absolute atomic E-state index is 6.30. The van der Waals surface area contributed by atoms with E-state index in [1.807, 2.05) is 14.0 Å². The fraction of sp³-hybridized carbons (Fsp3) is 0.818. The van der Waals surface area contributed by atoms with Crippen LogP contribution >= 0.6 is 15.9 Å². The average Bonchev–Trinajstić information content (AvgIpc) is 2.52. The molecule has 0 aromatic carbocycles. The van der Waals surface area contributed by atoms with Crippen molar-refractivity contribution in [3.63, 3.8) is 0 Å². The van der Waals surface area contributed by atoms with Crippen LogP contribution < -0.4 is 5.73 Å². The zero-order chi connectivity index (χ0) is 13.2. The third-order valence-electron chi connectivity index (χ3n) is 2.67. The van der Waals surface area contributed by atoms with E-state index in [0.717, 1.165) is 5.69 Å². The van der Waals surface area contributed by atoms with Crippen LogP contribution in [0.2, 0.25) is 0 Å². The van der Waals surface area contributed by atoms with Gasteiger partial charge in [0.15, 0.2) is 4.60 Å². The molecule has 98 valence electrons. The minimum atomic E-state index is -0.260. The maximum atomic E-state index is 6.30. The van der Waals surface area contributed by atoms with Crippen molar-refractivity contribution >= 4 is 15.9 Å². The number of ether oxygens (including phenoxy) is 1. The number of hydrogen-bond donors (Lipinski definition) is 1. The van der Waals surface area contributed by atoms with Crippen LogP contribution in [-0.2, 0) is 11.8 Å². The summed E-state index contributed by atoms with van der Waals surface area (Å²) in [6.45, 7) is 8.96. The molecule has 0 aliphatic heterocycles. The molecule has 0 amide bonds. The molecule has 0 saturated carbocycles. The molecule has 2 atom stereocenters. The Kier molecular flexibility index (Phi) is 4.69. The molecule has 2 unspecified atom stereocenters. The average molecular weight is 305 g/mol. The number of halogens is 1. The Labute approximate surface area is 111 Å². The molecule has 0 saturated heterocycles. The highest BCUT2D eigenvalue weighted by Gasteiger charge is 2.34. The van der Waals surface area contributed by atoms with Crippen molar-refractivity contribution < 1.29 is 4.74 Å². The summed E-state index contributed by atoms with van der Waals surface area (Å²) < 4.78 is 8.16. The summed E-state index contributed by atoms with van der Waals surface area (Å²) in [6, 6.07) is -0.260. The van der Waals surface area contributed by atoms with Gasteiger partial charge in [0.25, 0.3) is 0 Å². The van der Waals surface area contributed by atoms with Crippen molar-refractivity contribution in [3.8, 4) is 0 Å². The smallest absolute Gasteiger partial charge is 0.153 e. The Bertz CT molecular complexity index is 353. The normalized spacial score (nSPS) is 15.9. The quantitative estimate of drug-likeness (QED) is 0.924. The molecule has 17 heavy (non-hydrogen) atoms. The lowest BCUT2D eigenvalue weighted by molar-refractivity contribution is -0.0298. The van der Waals surface area contributed by atoms with Gasteiger partial charge in [-0.05, 0) is 28.3 Å². The van der Waals surface area contributed by atoms with Crippen LogP contribution in [0.5, 0.6) is 0 Å². The van der Waals surface area contributed by atoms with Crippen LogP contribution in [0.25, 0.3) is 0 Å². The molecule has 0 fully saturated rings. The van der Waals surface area contributed by atoms with Gasteiger partial charge in [0.05, 0.1) is 17.8 Å². The van der Waals surface area contributed by atoms with Gasteiger partial charge in [-0.1, -0.05) is 26.0 Å². The van der Waals surface area contributed by atoms with E-state index in [1.54, 1.807) is 4.68 Å². The molecule has 0 spiro atoms. The first-order valence-electron chi connectivity index (χ1n) is 5.71. The standard InChI is InChI=1S/C11H21BrN4O/c1-6-17-9(11(2,3)4)7(13)8-10(12)14-15-16(8)5/h7,9H,6,13H2,1-5H3. The van der Waals surface area contributed by atoms with Crippen LogP contribution in [-0.4, -0.2) is 27.7 Å². The van der Waals surface area contributed by atoms with Crippen molar-refractivity contribution in [2.75, 3.05) is 6.61 Å².